The van der Waals surface area contributed by atoms with E-state index in [1.165, 1.54) is 5.56 Å². The number of benzene rings is 3. The quantitative estimate of drug-likeness (QED) is 0.407. The smallest absolute Gasteiger partial charge is 0.125 e. The van der Waals surface area contributed by atoms with Gasteiger partial charge in [-0.2, -0.15) is 0 Å². The largest absolute Gasteiger partial charge is 0.497 e. The lowest BCUT2D eigenvalue weighted by Gasteiger charge is -2.29. The first-order valence-electron chi connectivity index (χ1n) is 9.69. The minimum absolute atomic E-state index is 0.0737. The van der Waals surface area contributed by atoms with Crippen LogP contribution < -0.4 is 14.8 Å². The van der Waals surface area contributed by atoms with Gasteiger partial charge in [0.25, 0.3) is 0 Å². The van der Waals surface area contributed by atoms with Crippen molar-refractivity contribution in [1.82, 2.24) is 5.32 Å². The van der Waals surface area contributed by atoms with Gasteiger partial charge in [0.05, 0.1) is 17.2 Å². The van der Waals surface area contributed by atoms with Crippen LogP contribution in [-0.4, -0.2) is 25.4 Å². The summed E-state index contributed by atoms with van der Waals surface area (Å²) in [4.78, 5) is 0. The lowest BCUT2D eigenvalue weighted by atomic mass is 9.91. The van der Waals surface area contributed by atoms with Crippen LogP contribution in [0.25, 0.3) is 0 Å². The summed E-state index contributed by atoms with van der Waals surface area (Å²) in [7, 11) is 1.61. The van der Waals surface area contributed by atoms with E-state index in [0.717, 1.165) is 12.3 Å². The highest BCUT2D eigenvalue weighted by Gasteiger charge is 2.30. The van der Waals surface area contributed by atoms with Crippen LogP contribution in [0.5, 0.6) is 11.5 Å². The number of halogens is 2. The van der Waals surface area contributed by atoms with Gasteiger partial charge in [0.15, 0.2) is 0 Å². The second-order valence-electron chi connectivity index (χ2n) is 7.04. The van der Waals surface area contributed by atoms with Gasteiger partial charge in [0.1, 0.15) is 23.7 Å². The van der Waals surface area contributed by atoms with E-state index in [9.17, 15) is 5.11 Å². The number of ether oxygens (including phenoxy) is 2. The van der Waals surface area contributed by atoms with Crippen LogP contribution in [0.1, 0.15) is 17.5 Å². The van der Waals surface area contributed by atoms with E-state index in [-0.39, 0.29) is 6.61 Å². The Hall–Kier alpha value is -2.24. The molecule has 0 saturated carbocycles. The van der Waals surface area contributed by atoms with Gasteiger partial charge in [-0.25, -0.2) is 0 Å². The molecule has 158 valence electrons. The van der Waals surface area contributed by atoms with Crippen molar-refractivity contribution >= 4 is 23.2 Å². The number of methoxy groups -OCH3 is 1. The predicted octanol–water partition coefficient (Wildman–Crippen LogP) is 5.45. The molecule has 3 rings (SSSR count). The maximum atomic E-state index is 11.5. The molecule has 0 fully saturated rings. The van der Waals surface area contributed by atoms with Gasteiger partial charge in [-0.1, -0.05) is 59.6 Å². The van der Waals surface area contributed by atoms with E-state index in [1.54, 1.807) is 25.3 Å². The zero-order chi connectivity index (χ0) is 21.4. The maximum absolute atomic E-state index is 11.5. The van der Waals surface area contributed by atoms with Crippen LogP contribution >= 0.6 is 23.2 Å². The second kappa shape index (κ2) is 10.7. The fraction of sp³-hybridized carbons (Fsp3) is 0.250. The van der Waals surface area contributed by atoms with Crippen molar-refractivity contribution in [2.45, 2.75) is 18.6 Å². The number of hydrogen-bond acceptors (Lipinski definition) is 4. The number of hydrogen-bond donors (Lipinski definition) is 2. The first-order chi connectivity index (χ1) is 14.5. The fourth-order valence-electron chi connectivity index (χ4n) is 3.08. The van der Waals surface area contributed by atoms with E-state index < -0.39 is 5.60 Å². The molecule has 0 spiro atoms. The minimum Gasteiger partial charge on any atom is -0.497 e. The third-order valence-corrected chi connectivity index (χ3v) is 5.62. The van der Waals surface area contributed by atoms with E-state index in [1.807, 2.05) is 42.5 Å². The molecule has 0 aliphatic carbocycles. The molecule has 0 aliphatic rings. The van der Waals surface area contributed by atoms with Gasteiger partial charge in [0, 0.05) is 6.54 Å². The summed E-state index contributed by atoms with van der Waals surface area (Å²) in [5, 5.41) is 15.7. The second-order valence-corrected chi connectivity index (χ2v) is 7.85. The van der Waals surface area contributed by atoms with Crippen molar-refractivity contribution in [3.05, 3.63) is 94.0 Å². The Bertz CT molecular complexity index is 935. The molecule has 0 aliphatic heterocycles. The Morgan fingerprint density at radius 1 is 0.900 bits per heavy atom. The Kier molecular flexibility index (Phi) is 8.00. The average molecular weight is 446 g/mol. The van der Waals surface area contributed by atoms with Gasteiger partial charge in [-0.3, -0.25) is 0 Å². The van der Waals surface area contributed by atoms with Crippen LogP contribution in [0.4, 0.5) is 0 Å². The highest BCUT2D eigenvalue weighted by atomic mass is 35.5. The van der Waals surface area contributed by atoms with Crippen molar-refractivity contribution < 1.29 is 14.6 Å². The number of rotatable bonds is 10. The zero-order valence-corrected chi connectivity index (χ0v) is 18.3. The molecule has 3 aromatic carbocycles. The molecule has 1 atom stereocenters. The van der Waals surface area contributed by atoms with Gasteiger partial charge in [-0.15, -0.1) is 0 Å². The van der Waals surface area contributed by atoms with E-state index in [4.69, 9.17) is 32.7 Å². The summed E-state index contributed by atoms with van der Waals surface area (Å²) in [6, 6.07) is 22.5. The summed E-state index contributed by atoms with van der Waals surface area (Å²) >= 11 is 12.3. The molecule has 6 heteroatoms. The third kappa shape index (κ3) is 6.13. The summed E-state index contributed by atoms with van der Waals surface area (Å²) in [5.41, 5.74) is 0.606. The van der Waals surface area contributed by atoms with Crippen LogP contribution in [0.2, 0.25) is 10.0 Å². The molecule has 0 saturated heterocycles. The normalized spacial score (nSPS) is 12.9. The first kappa shape index (κ1) is 22.4. The monoisotopic (exact) mass is 445 g/mol. The number of nitrogens with one attached hydrogen (secondary N) is 1. The summed E-state index contributed by atoms with van der Waals surface area (Å²) in [5.74, 6) is 1.39. The molecule has 0 bridgehead atoms. The van der Waals surface area contributed by atoms with Crippen LogP contribution in [-0.2, 0) is 12.1 Å². The molecule has 0 heterocycles. The number of aliphatic hydroxyl groups is 1. The van der Waals surface area contributed by atoms with Crippen molar-refractivity contribution in [3.63, 3.8) is 0 Å². The van der Waals surface area contributed by atoms with E-state index >= 15 is 0 Å². The molecule has 1 unspecified atom stereocenters. The highest BCUT2D eigenvalue weighted by Crippen LogP contribution is 2.32. The SMILES string of the molecule is COc1ccc(OCC(O)(CCNCc2ccccc2)c2ccc(Cl)c(Cl)c2)cc1. The third-order valence-electron chi connectivity index (χ3n) is 4.88. The summed E-state index contributed by atoms with van der Waals surface area (Å²) < 4.78 is 11.1. The maximum Gasteiger partial charge on any atom is 0.125 e. The van der Waals surface area contributed by atoms with Crippen molar-refractivity contribution in [2.75, 3.05) is 20.3 Å². The topological polar surface area (TPSA) is 50.7 Å². The molecule has 3 aromatic rings. The average Bonchev–Trinajstić information content (AvgIpc) is 2.78. The Labute approximate surface area is 187 Å². The first-order valence-corrected chi connectivity index (χ1v) is 10.5. The van der Waals surface area contributed by atoms with Gasteiger partial charge in [0.2, 0.25) is 0 Å². The molecule has 4 nitrogen and oxygen atoms in total. The van der Waals surface area contributed by atoms with Gasteiger partial charge >= 0.3 is 0 Å². The Morgan fingerprint density at radius 2 is 1.60 bits per heavy atom. The van der Waals surface area contributed by atoms with Crippen LogP contribution in [0.3, 0.4) is 0 Å². The lowest BCUT2D eigenvalue weighted by Crippen LogP contribution is -2.36. The molecule has 0 amide bonds. The van der Waals surface area contributed by atoms with Crippen molar-refractivity contribution in [2.24, 2.45) is 0 Å². The van der Waals surface area contributed by atoms with Gasteiger partial charge in [-0.05, 0) is 60.5 Å². The molecule has 30 heavy (non-hydrogen) atoms. The highest BCUT2D eigenvalue weighted by molar-refractivity contribution is 6.42. The molecule has 0 radical (unpaired) electrons. The minimum atomic E-state index is -1.24. The Balaban J connectivity index is 1.69. The zero-order valence-electron chi connectivity index (χ0n) is 16.8. The molecular weight excluding hydrogens is 421 g/mol. The van der Waals surface area contributed by atoms with Gasteiger partial charge < -0.3 is 19.9 Å². The standard InChI is InChI=1S/C24H25Cl2NO3/c1-29-20-8-10-21(11-9-20)30-17-24(28,19-7-12-22(25)23(26)15-19)13-14-27-16-18-5-3-2-4-6-18/h2-12,15,27-28H,13-14,16-17H2,1H3. The molecule has 0 aromatic heterocycles. The Morgan fingerprint density at radius 3 is 2.27 bits per heavy atom. The van der Waals surface area contributed by atoms with Crippen LogP contribution in [0, 0.1) is 0 Å². The fourth-order valence-corrected chi connectivity index (χ4v) is 3.38. The lowest BCUT2D eigenvalue weighted by molar-refractivity contribution is -0.0166. The van der Waals surface area contributed by atoms with Crippen molar-refractivity contribution in [3.8, 4) is 11.5 Å². The summed E-state index contributed by atoms with van der Waals surface area (Å²) in [6.45, 7) is 1.39. The van der Waals surface area contributed by atoms with Crippen molar-refractivity contribution in [1.29, 1.82) is 0 Å². The molecule has 2 N–H and O–H groups in total. The van der Waals surface area contributed by atoms with Crippen LogP contribution in [0.15, 0.2) is 72.8 Å². The predicted molar refractivity (Wildman–Crippen MR) is 122 cm³/mol. The van der Waals surface area contributed by atoms with E-state index in [2.05, 4.69) is 17.4 Å². The van der Waals surface area contributed by atoms with E-state index in [0.29, 0.717) is 34.3 Å². The summed E-state index contributed by atoms with van der Waals surface area (Å²) in [6.07, 6.45) is 0.438. The molecular formula is C24H25Cl2NO3.